The van der Waals surface area contributed by atoms with Crippen LogP contribution in [0.15, 0.2) is 16.6 Å². The molecule has 1 aliphatic rings. The SMILES string of the molecule is Cc1cc(Br)cc(C)c1NC(=O)C1COCCN1. The fourth-order valence-corrected chi connectivity index (χ4v) is 2.74. The molecular formula is C13H17BrN2O2. The first-order valence-electron chi connectivity index (χ1n) is 5.96. The average Bonchev–Trinajstić information content (AvgIpc) is 2.34. The third kappa shape index (κ3) is 3.10. The molecule has 98 valence electrons. The number of halogens is 1. The van der Waals surface area contributed by atoms with Crippen molar-refractivity contribution in [3.8, 4) is 0 Å². The lowest BCUT2D eigenvalue weighted by molar-refractivity contribution is -0.120. The first-order chi connectivity index (χ1) is 8.58. The number of hydrogen-bond donors (Lipinski definition) is 2. The van der Waals surface area contributed by atoms with Gasteiger partial charge in [0.15, 0.2) is 0 Å². The molecule has 1 aliphatic heterocycles. The van der Waals surface area contributed by atoms with Gasteiger partial charge in [-0.15, -0.1) is 0 Å². The summed E-state index contributed by atoms with van der Waals surface area (Å²) in [6.07, 6.45) is 0. The minimum atomic E-state index is -0.263. The van der Waals surface area contributed by atoms with Gasteiger partial charge in [-0.3, -0.25) is 4.79 Å². The standard InChI is InChI=1S/C13H17BrN2O2/c1-8-5-10(14)6-9(2)12(8)16-13(17)11-7-18-4-3-15-11/h5-6,11,15H,3-4,7H2,1-2H3,(H,16,17). The number of anilines is 1. The second-order valence-corrected chi connectivity index (χ2v) is 5.40. The summed E-state index contributed by atoms with van der Waals surface area (Å²) >= 11 is 3.44. The van der Waals surface area contributed by atoms with Gasteiger partial charge in [-0.2, -0.15) is 0 Å². The molecular weight excluding hydrogens is 296 g/mol. The Morgan fingerprint density at radius 2 is 2.11 bits per heavy atom. The van der Waals surface area contributed by atoms with Crippen LogP contribution in [0.25, 0.3) is 0 Å². The van der Waals surface area contributed by atoms with Crippen LogP contribution in [0.5, 0.6) is 0 Å². The largest absolute Gasteiger partial charge is 0.378 e. The summed E-state index contributed by atoms with van der Waals surface area (Å²) < 4.78 is 6.31. The lowest BCUT2D eigenvalue weighted by Gasteiger charge is -2.23. The molecule has 0 spiro atoms. The third-order valence-corrected chi connectivity index (χ3v) is 3.44. The van der Waals surface area contributed by atoms with Crippen molar-refractivity contribution >= 4 is 27.5 Å². The monoisotopic (exact) mass is 312 g/mol. The highest BCUT2D eigenvalue weighted by Gasteiger charge is 2.22. The van der Waals surface area contributed by atoms with E-state index in [4.69, 9.17) is 4.74 Å². The molecule has 1 unspecified atom stereocenters. The maximum atomic E-state index is 12.1. The van der Waals surface area contributed by atoms with Crippen LogP contribution in [0.1, 0.15) is 11.1 Å². The van der Waals surface area contributed by atoms with Crippen LogP contribution in [0.4, 0.5) is 5.69 Å². The van der Waals surface area contributed by atoms with E-state index in [1.807, 2.05) is 26.0 Å². The lowest BCUT2D eigenvalue weighted by atomic mass is 10.1. The van der Waals surface area contributed by atoms with Crippen molar-refractivity contribution in [2.45, 2.75) is 19.9 Å². The lowest BCUT2D eigenvalue weighted by Crippen LogP contribution is -2.49. The van der Waals surface area contributed by atoms with Crippen LogP contribution < -0.4 is 10.6 Å². The highest BCUT2D eigenvalue weighted by molar-refractivity contribution is 9.10. The molecule has 0 saturated carbocycles. The normalized spacial score (nSPS) is 19.6. The zero-order valence-electron chi connectivity index (χ0n) is 10.5. The van der Waals surface area contributed by atoms with Gasteiger partial charge in [-0.1, -0.05) is 15.9 Å². The van der Waals surface area contributed by atoms with Crippen molar-refractivity contribution in [1.29, 1.82) is 0 Å². The van der Waals surface area contributed by atoms with E-state index >= 15 is 0 Å². The molecule has 1 fully saturated rings. The van der Waals surface area contributed by atoms with Gasteiger partial charge in [-0.25, -0.2) is 0 Å². The second-order valence-electron chi connectivity index (χ2n) is 4.49. The summed E-state index contributed by atoms with van der Waals surface area (Å²) in [5.74, 6) is -0.0387. The zero-order valence-corrected chi connectivity index (χ0v) is 12.1. The number of nitrogens with one attached hydrogen (secondary N) is 2. The number of rotatable bonds is 2. The molecule has 1 heterocycles. The Labute approximate surface area is 115 Å². The van der Waals surface area contributed by atoms with Crippen LogP contribution >= 0.6 is 15.9 Å². The number of amides is 1. The molecule has 0 aromatic heterocycles. The molecule has 0 bridgehead atoms. The smallest absolute Gasteiger partial charge is 0.243 e. The predicted octanol–water partition coefficient (Wildman–Crippen LogP) is 1.99. The maximum absolute atomic E-state index is 12.1. The first-order valence-corrected chi connectivity index (χ1v) is 6.76. The van der Waals surface area contributed by atoms with Gasteiger partial charge in [0, 0.05) is 16.7 Å². The van der Waals surface area contributed by atoms with Crippen LogP contribution in [-0.4, -0.2) is 31.7 Å². The first kappa shape index (κ1) is 13.5. The zero-order chi connectivity index (χ0) is 13.1. The molecule has 5 heteroatoms. The van der Waals surface area contributed by atoms with Crippen LogP contribution in [0.2, 0.25) is 0 Å². The summed E-state index contributed by atoms with van der Waals surface area (Å²) in [7, 11) is 0. The predicted molar refractivity (Wildman–Crippen MR) is 74.9 cm³/mol. The Kier molecular flexibility index (Phi) is 4.37. The Morgan fingerprint density at radius 1 is 1.44 bits per heavy atom. The van der Waals surface area contributed by atoms with Gasteiger partial charge < -0.3 is 15.4 Å². The molecule has 2 rings (SSSR count). The van der Waals surface area contributed by atoms with E-state index in [9.17, 15) is 4.79 Å². The van der Waals surface area contributed by atoms with Crippen molar-refractivity contribution < 1.29 is 9.53 Å². The Balaban J connectivity index is 2.11. The second kappa shape index (κ2) is 5.82. The number of ether oxygens (including phenoxy) is 1. The molecule has 0 aliphatic carbocycles. The maximum Gasteiger partial charge on any atom is 0.243 e. The quantitative estimate of drug-likeness (QED) is 0.878. The van der Waals surface area contributed by atoms with Crippen molar-refractivity contribution in [3.63, 3.8) is 0 Å². The fourth-order valence-electron chi connectivity index (χ4n) is 2.05. The van der Waals surface area contributed by atoms with Crippen LogP contribution in [-0.2, 0) is 9.53 Å². The molecule has 18 heavy (non-hydrogen) atoms. The van der Waals surface area contributed by atoms with E-state index < -0.39 is 0 Å². The molecule has 4 nitrogen and oxygen atoms in total. The third-order valence-electron chi connectivity index (χ3n) is 2.98. The Hall–Kier alpha value is -0.910. The van der Waals surface area contributed by atoms with E-state index in [0.29, 0.717) is 13.2 Å². The van der Waals surface area contributed by atoms with Crippen LogP contribution in [0.3, 0.4) is 0 Å². The number of benzene rings is 1. The van der Waals surface area contributed by atoms with E-state index in [-0.39, 0.29) is 11.9 Å². The number of morpholine rings is 1. The number of carbonyl (C=O) groups excluding carboxylic acids is 1. The van der Waals surface area contributed by atoms with E-state index in [0.717, 1.165) is 27.8 Å². The highest BCUT2D eigenvalue weighted by Crippen LogP contribution is 2.25. The topological polar surface area (TPSA) is 50.4 Å². The molecule has 2 N–H and O–H groups in total. The molecule has 1 aromatic rings. The van der Waals surface area contributed by atoms with Crippen LogP contribution in [0, 0.1) is 13.8 Å². The summed E-state index contributed by atoms with van der Waals surface area (Å²) in [6, 6.07) is 3.72. The summed E-state index contributed by atoms with van der Waals surface area (Å²) in [5, 5.41) is 6.12. The number of aryl methyl sites for hydroxylation is 2. The molecule has 1 saturated heterocycles. The summed E-state index contributed by atoms with van der Waals surface area (Å²) in [4.78, 5) is 12.1. The minimum Gasteiger partial charge on any atom is -0.378 e. The number of hydrogen-bond acceptors (Lipinski definition) is 3. The van der Waals surface area contributed by atoms with Crippen molar-refractivity contribution in [2.75, 3.05) is 25.1 Å². The molecule has 1 aromatic carbocycles. The molecule has 0 radical (unpaired) electrons. The summed E-state index contributed by atoms with van der Waals surface area (Å²) in [5.41, 5.74) is 2.98. The molecule has 1 atom stereocenters. The number of carbonyl (C=O) groups is 1. The van der Waals surface area contributed by atoms with Gasteiger partial charge in [0.1, 0.15) is 6.04 Å². The van der Waals surface area contributed by atoms with Crippen molar-refractivity contribution in [2.24, 2.45) is 0 Å². The highest BCUT2D eigenvalue weighted by atomic mass is 79.9. The Morgan fingerprint density at radius 3 is 2.67 bits per heavy atom. The van der Waals surface area contributed by atoms with Crippen molar-refractivity contribution in [3.05, 3.63) is 27.7 Å². The molecule has 1 amide bonds. The minimum absolute atomic E-state index is 0.0387. The van der Waals surface area contributed by atoms with Gasteiger partial charge in [0.25, 0.3) is 0 Å². The summed E-state index contributed by atoms with van der Waals surface area (Å²) in [6.45, 7) is 5.79. The average molecular weight is 313 g/mol. The van der Waals surface area contributed by atoms with E-state index in [1.165, 1.54) is 0 Å². The van der Waals surface area contributed by atoms with Gasteiger partial charge in [0.2, 0.25) is 5.91 Å². The van der Waals surface area contributed by atoms with Gasteiger partial charge in [-0.05, 0) is 37.1 Å². The van der Waals surface area contributed by atoms with Crippen molar-refractivity contribution in [1.82, 2.24) is 5.32 Å². The Bertz CT molecular complexity index is 433. The van der Waals surface area contributed by atoms with Gasteiger partial charge in [0.05, 0.1) is 13.2 Å². The fraction of sp³-hybridized carbons (Fsp3) is 0.462. The van der Waals surface area contributed by atoms with Gasteiger partial charge >= 0.3 is 0 Å². The van der Waals surface area contributed by atoms with E-state index in [1.54, 1.807) is 0 Å². The van der Waals surface area contributed by atoms with E-state index in [2.05, 4.69) is 26.6 Å².